The molecule has 1 heterocycles. The monoisotopic (exact) mass is 316 g/mol. The summed E-state index contributed by atoms with van der Waals surface area (Å²) in [6.45, 7) is 0. The van der Waals surface area contributed by atoms with Crippen LogP contribution in [0.1, 0.15) is 10.4 Å². The van der Waals surface area contributed by atoms with Crippen LogP contribution in [-0.2, 0) is 0 Å². The Labute approximate surface area is 123 Å². The van der Waals surface area contributed by atoms with Gasteiger partial charge in [0.2, 0.25) is 0 Å². The van der Waals surface area contributed by atoms with Gasteiger partial charge in [-0.25, -0.2) is 9.78 Å². The largest absolute Gasteiger partial charge is 0.478 e. The van der Waals surface area contributed by atoms with Crippen molar-refractivity contribution >= 4 is 52.3 Å². The van der Waals surface area contributed by atoms with E-state index in [-0.39, 0.29) is 10.6 Å². The van der Waals surface area contributed by atoms with Crippen LogP contribution in [0.25, 0.3) is 0 Å². The van der Waals surface area contributed by atoms with Gasteiger partial charge in [0.15, 0.2) is 0 Å². The molecule has 0 amide bonds. The highest BCUT2D eigenvalue weighted by Gasteiger charge is 2.11. The van der Waals surface area contributed by atoms with Crippen LogP contribution in [0.2, 0.25) is 15.1 Å². The van der Waals surface area contributed by atoms with Crippen molar-refractivity contribution in [2.45, 2.75) is 0 Å². The van der Waals surface area contributed by atoms with Gasteiger partial charge < -0.3 is 10.4 Å². The van der Waals surface area contributed by atoms with Crippen LogP contribution in [0.15, 0.2) is 30.5 Å². The minimum Gasteiger partial charge on any atom is -0.478 e. The third-order valence-electron chi connectivity index (χ3n) is 2.30. The topological polar surface area (TPSA) is 62.2 Å². The molecule has 7 heteroatoms. The van der Waals surface area contributed by atoms with Gasteiger partial charge in [-0.3, -0.25) is 0 Å². The van der Waals surface area contributed by atoms with E-state index in [0.29, 0.717) is 21.6 Å². The lowest BCUT2D eigenvalue weighted by Crippen LogP contribution is -2.01. The first kappa shape index (κ1) is 13.9. The van der Waals surface area contributed by atoms with Crippen molar-refractivity contribution in [3.8, 4) is 0 Å². The summed E-state index contributed by atoms with van der Waals surface area (Å²) in [5, 5.41) is 12.6. The van der Waals surface area contributed by atoms with Crippen molar-refractivity contribution in [2.24, 2.45) is 0 Å². The molecule has 0 bridgehead atoms. The molecule has 0 spiro atoms. The second-order valence-corrected chi connectivity index (χ2v) is 4.77. The normalized spacial score (nSPS) is 10.3. The maximum absolute atomic E-state index is 11.0. The average Bonchev–Trinajstić information content (AvgIpc) is 2.37. The standard InChI is InChI=1S/C12H7Cl3N2O2/c13-7-2-1-3-9(11(7)15)17-10-4-6(12(18)19)8(14)5-16-10/h1-5H,(H,16,17)(H,18,19). The summed E-state index contributed by atoms with van der Waals surface area (Å²) in [6, 6.07) is 6.38. The number of carboxylic acids is 1. The van der Waals surface area contributed by atoms with E-state index in [2.05, 4.69) is 10.3 Å². The Morgan fingerprint density at radius 1 is 1.21 bits per heavy atom. The first-order valence-electron chi connectivity index (χ1n) is 5.09. The first-order valence-corrected chi connectivity index (χ1v) is 6.22. The van der Waals surface area contributed by atoms with E-state index >= 15 is 0 Å². The number of carbonyl (C=O) groups is 1. The van der Waals surface area contributed by atoms with E-state index in [4.69, 9.17) is 39.9 Å². The van der Waals surface area contributed by atoms with E-state index in [0.717, 1.165) is 0 Å². The summed E-state index contributed by atoms with van der Waals surface area (Å²) < 4.78 is 0. The minimum absolute atomic E-state index is 0.0442. The fourth-order valence-corrected chi connectivity index (χ4v) is 1.94. The molecule has 0 aliphatic rings. The quantitative estimate of drug-likeness (QED) is 0.876. The molecule has 19 heavy (non-hydrogen) atoms. The second kappa shape index (κ2) is 5.65. The Morgan fingerprint density at radius 3 is 2.63 bits per heavy atom. The summed E-state index contributed by atoms with van der Waals surface area (Å²) >= 11 is 17.6. The molecule has 98 valence electrons. The molecule has 2 aromatic rings. The molecule has 2 rings (SSSR count). The number of anilines is 2. The highest BCUT2D eigenvalue weighted by Crippen LogP contribution is 2.31. The molecule has 0 unspecified atom stereocenters. The van der Waals surface area contributed by atoms with Gasteiger partial charge in [-0.15, -0.1) is 0 Å². The number of nitrogens with zero attached hydrogens (tertiary/aromatic N) is 1. The van der Waals surface area contributed by atoms with Crippen LogP contribution in [0.4, 0.5) is 11.5 Å². The van der Waals surface area contributed by atoms with Gasteiger partial charge in [0.1, 0.15) is 5.82 Å². The molecule has 1 aromatic heterocycles. The molecular weight excluding hydrogens is 311 g/mol. The molecule has 1 aromatic carbocycles. The zero-order valence-electron chi connectivity index (χ0n) is 9.32. The lowest BCUT2D eigenvalue weighted by molar-refractivity contribution is 0.0697. The molecule has 0 saturated heterocycles. The van der Waals surface area contributed by atoms with Crippen LogP contribution in [0, 0.1) is 0 Å². The lowest BCUT2D eigenvalue weighted by Gasteiger charge is -2.09. The SMILES string of the molecule is O=C(O)c1cc(Nc2cccc(Cl)c2Cl)ncc1Cl. The Hall–Kier alpha value is -1.49. The highest BCUT2D eigenvalue weighted by atomic mass is 35.5. The maximum atomic E-state index is 11.0. The van der Waals surface area contributed by atoms with Crippen molar-refractivity contribution in [1.82, 2.24) is 4.98 Å². The van der Waals surface area contributed by atoms with E-state index in [1.165, 1.54) is 12.3 Å². The summed E-state index contributed by atoms with van der Waals surface area (Å²) in [5.74, 6) is -0.821. The van der Waals surface area contributed by atoms with Crippen LogP contribution in [0.3, 0.4) is 0 Å². The maximum Gasteiger partial charge on any atom is 0.337 e. The van der Waals surface area contributed by atoms with E-state index in [1.807, 2.05) is 0 Å². The average molecular weight is 318 g/mol. The number of hydrogen-bond donors (Lipinski definition) is 2. The Morgan fingerprint density at radius 2 is 1.95 bits per heavy atom. The Balaban J connectivity index is 2.36. The van der Waals surface area contributed by atoms with Crippen molar-refractivity contribution < 1.29 is 9.90 Å². The Kier molecular flexibility index (Phi) is 4.14. The molecular formula is C12H7Cl3N2O2. The molecule has 4 nitrogen and oxygen atoms in total. The van der Waals surface area contributed by atoms with E-state index < -0.39 is 5.97 Å². The zero-order valence-corrected chi connectivity index (χ0v) is 11.6. The predicted molar refractivity (Wildman–Crippen MR) is 76.0 cm³/mol. The number of nitrogens with one attached hydrogen (secondary N) is 1. The molecule has 0 atom stereocenters. The number of hydrogen-bond acceptors (Lipinski definition) is 3. The fourth-order valence-electron chi connectivity index (χ4n) is 1.41. The third kappa shape index (κ3) is 3.10. The van der Waals surface area contributed by atoms with Gasteiger partial charge in [-0.1, -0.05) is 40.9 Å². The van der Waals surface area contributed by atoms with Crippen LogP contribution in [0.5, 0.6) is 0 Å². The van der Waals surface area contributed by atoms with Crippen molar-refractivity contribution in [3.63, 3.8) is 0 Å². The minimum atomic E-state index is -1.13. The smallest absolute Gasteiger partial charge is 0.337 e. The van der Waals surface area contributed by atoms with Gasteiger partial charge >= 0.3 is 5.97 Å². The van der Waals surface area contributed by atoms with Gasteiger partial charge in [0.25, 0.3) is 0 Å². The zero-order chi connectivity index (χ0) is 14.0. The number of pyridine rings is 1. The highest BCUT2D eigenvalue weighted by molar-refractivity contribution is 6.43. The van der Waals surface area contributed by atoms with E-state index in [1.54, 1.807) is 18.2 Å². The number of rotatable bonds is 3. The lowest BCUT2D eigenvalue weighted by atomic mass is 10.2. The molecule has 2 N–H and O–H groups in total. The van der Waals surface area contributed by atoms with Crippen molar-refractivity contribution in [1.29, 1.82) is 0 Å². The van der Waals surface area contributed by atoms with Gasteiger partial charge in [-0.05, 0) is 18.2 Å². The number of benzene rings is 1. The summed E-state index contributed by atoms with van der Waals surface area (Å²) in [7, 11) is 0. The number of aromatic carboxylic acids is 1. The third-order valence-corrected chi connectivity index (χ3v) is 3.42. The van der Waals surface area contributed by atoms with Crippen molar-refractivity contribution in [3.05, 3.63) is 51.1 Å². The first-order chi connectivity index (χ1) is 8.99. The summed E-state index contributed by atoms with van der Waals surface area (Å²) in [5.41, 5.74) is 0.484. The second-order valence-electron chi connectivity index (χ2n) is 3.58. The number of halogens is 3. The number of aromatic nitrogens is 1. The number of carboxylic acid groups (broad SMARTS) is 1. The van der Waals surface area contributed by atoms with Crippen LogP contribution in [-0.4, -0.2) is 16.1 Å². The summed E-state index contributed by atoms with van der Waals surface area (Å²) in [6.07, 6.45) is 1.26. The Bertz CT molecular complexity index is 647. The van der Waals surface area contributed by atoms with Crippen LogP contribution >= 0.6 is 34.8 Å². The van der Waals surface area contributed by atoms with Gasteiger partial charge in [-0.2, -0.15) is 0 Å². The molecule has 0 fully saturated rings. The van der Waals surface area contributed by atoms with Crippen molar-refractivity contribution in [2.75, 3.05) is 5.32 Å². The molecule has 0 saturated carbocycles. The molecule has 0 aliphatic carbocycles. The molecule has 0 radical (unpaired) electrons. The predicted octanol–water partition coefficient (Wildman–Crippen LogP) is 4.48. The fraction of sp³-hybridized carbons (Fsp3) is 0. The van der Waals surface area contributed by atoms with Gasteiger partial charge in [0.05, 0.1) is 26.3 Å². The van der Waals surface area contributed by atoms with E-state index in [9.17, 15) is 4.79 Å². The van der Waals surface area contributed by atoms with Gasteiger partial charge in [0, 0.05) is 6.20 Å². The van der Waals surface area contributed by atoms with Crippen LogP contribution < -0.4 is 5.32 Å². The molecule has 0 aliphatic heterocycles. The summed E-state index contributed by atoms with van der Waals surface area (Å²) in [4.78, 5) is 14.9.